The standard InChI is InChI=1S/C12H9N5/c13-8-9-1-2-12-11(7-9)15-16-17(12)10-3-5-14-6-4-10/h1-3,5-7,10H,4H2/p+1. The van der Waals surface area contributed by atoms with Crippen molar-refractivity contribution in [3.8, 4) is 6.07 Å². The highest BCUT2D eigenvalue weighted by molar-refractivity contribution is 5.63. The molecule has 1 N–H and O–H groups in total. The molecule has 0 bridgehead atoms. The molecule has 0 fully saturated rings. The summed E-state index contributed by atoms with van der Waals surface area (Å²) in [5, 5.41) is 18.1. The van der Waals surface area contributed by atoms with Gasteiger partial charge in [-0.2, -0.15) is 5.26 Å². The summed E-state index contributed by atoms with van der Waals surface area (Å²) in [6, 6.07) is 7.84. The highest BCUT2D eigenvalue weighted by Gasteiger charge is 2.30. The third kappa shape index (κ3) is 1.65. The van der Waals surface area contributed by atoms with Crippen LogP contribution in [0.15, 0.2) is 45.8 Å². The van der Waals surface area contributed by atoms with Crippen molar-refractivity contribution in [2.45, 2.75) is 12.5 Å². The fourth-order valence-electron chi connectivity index (χ4n) is 2.01. The summed E-state index contributed by atoms with van der Waals surface area (Å²) in [7, 11) is 0. The molecule has 2 aliphatic heterocycles. The number of quaternary nitrogens is 1. The van der Waals surface area contributed by atoms with E-state index < -0.39 is 0 Å². The molecule has 2 atom stereocenters. The van der Waals surface area contributed by atoms with E-state index in [-0.39, 0.29) is 6.04 Å². The molecule has 1 aromatic carbocycles. The second-order valence-corrected chi connectivity index (χ2v) is 3.94. The summed E-state index contributed by atoms with van der Waals surface area (Å²) < 4.78 is 0. The summed E-state index contributed by atoms with van der Waals surface area (Å²) in [4.78, 5) is 4.05. The molecule has 0 spiro atoms. The molecular formula is C12H10N5+. The third-order valence-electron chi connectivity index (χ3n) is 2.89. The van der Waals surface area contributed by atoms with Crippen LogP contribution in [0, 0.1) is 11.3 Å². The molecule has 0 aromatic heterocycles. The molecule has 5 heteroatoms. The number of aliphatic imine (C=N–C) groups is 1. The predicted molar refractivity (Wildman–Crippen MR) is 62.3 cm³/mol. The normalized spacial score (nSPS) is 24.6. The fourth-order valence-corrected chi connectivity index (χ4v) is 2.01. The van der Waals surface area contributed by atoms with Crippen molar-refractivity contribution in [1.82, 2.24) is 0 Å². The first-order chi connectivity index (χ1) is 8.38. The fraction of sp³-hybridized carbons (Fsp3) is 0.167. The Labute approximate surface area is 98.4 Å². The van der Waals surface area contributed by atoms with Crippen molar-refractivity contribution in [1.29, 1.82) is 5.26 Å². The Morgan fingerprint density at radius 2 is 2.35 bits per heavy atom. The van der Waals surface area contributed by atoms with E-state index in [9.17, 15) is 0 Å². The smallest absolute Gasteiger partial charge is 0.187 e. The lowest BCUT2D eigenvalue weighted by Crippen LogP contribution is -3.05. The molecule has 3 rings (SSSR count). The van der Waals surface area contributed by atoms with Gasteiger partial charge in [0.15, 0.2) is 11.4 Å². The van der Waals surface area contributed by atoms with Gasteiger partial charge in [-0.15, -0.1) is 5.01 Å². The number of hydrogen-bond donors (Lipinski definition) is 1. The van der Waals surface area contributed by atoms with Gasteiger partial charge in [0.2, 0.25) is 0 Å². The van der Waals surface area contributed by atoms with E-state index in [1.807, 2.05) is 18.4 Å². The maximum atomic E-state index is 8.83. The lowest BCUT2D eigenvalue weighted by atomic mass is 10.1. The molecule has 5 nitrogen and oxygen atoms in total. The van der Waals surface area contributed by atoms with E-state index in [1.54, 1.807) is 18.3 Å². The van der Waals surface area contributed by atoms with Gasteiger partial charge >= 0.3 is 0 Å². The molecule has 0 saturated carbocycles. The van der Waals surface area contributed by atoms with Crippen molar-refractivity contribution in [3.05, 3.63) is 36.0 Å². The van der Waals surface area contributed by atoms with Gasteiger partial charge in [0.25, 0.3) is 0 Å². The van der Waals surface area contributed by atoms with Crippen LogP contribution in [0.2, 0.25) is 0 Å². The molecule has 2 unspecified atom stereocenters. The van der Waals surface area contributed by atoms with Crippen LogP contribution in [0.3, 0.4) is 0 Å². The maximum Gasteiger partial charge on any atom is 0.187 e. The molecule has 1 aromatic rings. The Kier molecular flexibility index (Phi) is 2.28. The van der Waals surface area contributed by atoms with Gasteiger partial charge in [-0.05, 0) is 18.2 Å². The highest BCUT2D eigenvalue weighted by Crippen LogP contribution is 2.27. The molecule has 82 valence electrons. The van der Waals surface area contributed by atoms with Crippen molar-refractivity contribution in [2.24, 2.45) is 15.3 Å². The highest BCUT2D eigenvalue weighted by atomic mass is 15.6. The van der Waals surface area contributed by atoms with Gasteiger partial charge in [-0.25, -0.2) is 0 Å². The van der Waals surface area contributed by atoms with Crippen LogP contribution in [-0.4, -0.2) is 12.3 Å². The summed E-state index contributed by atoms with van der Waals surface area (Å²) in [5.41, 5.74) is 2.42. The Morgan fingerprint density at radius 3 is 3.12 bits per heavy atom. The Balaban J connectivity index is 1.94. The van der Waals surface area contributed by atoms with E-state index in [2.05, 4.69) is 21.4 Å². The van der Waals surface area contributed by atoms with Crippen molar-refractivity contribution < 1.29 is 5.01 Å². The lowest BCUT2D eigenvalue weighted by Gasteiger charge is -2.16. The largest absolute Gasteiger partial charge is 0.269 e. The molecule has 2 aliphatic rings. The van der Waals surface area contributed by atoms with E-state index in [4.69, 9.17) is 5.26 Å². The minimum Gasteiger partial charge on any atom is -0.269 e. The minimum atomic E-state index is 0.241. The van der Waals surface area contributed by atoms with Gasteiger partial charge in [-0.1, -0.05) is 5.11 Å². The molecule has 0 radical (unpaired) electrons. The van der Waals surface area contributed by atoms with Crippen molar-refractivity contribution in [2.75, 3.05) is 0 Å². The lowest BCUT2D eigenvalue weighted by molar-refractivity contribution is -0.860. The van der Waals surface area contributed by atoms with Gasteiger partial charge in [-0.3, -0.25) is 4.99 Å². The molecular weight excluding hydrogens is 214 g/mol. The van der Waals surface area contributed by atoms with Crippen molar-refractivity contribution in [3.63, 3.8) is 0 Å². The summed E-state index contributed by atoms with van der Waals surface area (Å²) in [6.07, 6.45) is 6.55. The van der Waals surface area contributed by atoms with Crippen LogP contribution >= 0.6 is 0 Å². The van der Waals surface area contributed by atoms with Gasteiger partial charge in [0.1, 0.15) is 6.04 Å². The van der Waals surface area contributed by atoms with E-state index in [1.165, 1.54) is 0 Å². The number of hydrogen-bond acceptors (Lipinski definition) is 4. The van der Waals surface area contributed by atoms with Crippen LogP contribution in [0.1, 0.15) is 12.0 Å². The van der Waals surface area contributed by atoms with Gasteiger partial charge < -0.3 is 0 Å². The first-order valence-electron chi connectivity index (χ1n) is 5.40. The summed E-state index contributed by atoms with van der Waals surface area (Å²) in [5.74, 6) is 0. The summed E-state index contributed by atoms with van der Waals surface area (Å²) >= 11 is 0. The minimum absolute atomic E-state index is 0.241. The molecule has 2 heterocycles. The third-order valence-corrected chi connectivity index (χ3v) is 2.89. The number of rotatable bonds is 1. The van der Waals surface area contributed by atoms with Crippen LogP contribution in [-0.2, 0) is 0 Å². The number of nitrogens with zero attached hydrogens (tertiary/aromatic N) is 4. The van der Waals surface area contributed by atoms with Gasteiger partial charge in [0, 0.05) is 30.1 Å². The van der Waals surface area contributed by atoms with Crippen LogP contribution in [0.4, 0.5) is 11.4 Å². The molecule has 0 amide bonds. The first kappa shape index (κ1) is 9.87. The Hall–Kier alpha value is -2.32. The van der Waals surface area contributed by atoms with E-state index in [0.717, 1.165) is 22.8 Å². The zero-order valence-corrected chi connectivity index (χ0v) is 9.04. The molecule has 17 heavy (non-hydrogen) atoms. The summed E-state index contributed by atoms with van der Waals surface area (Å²) in [6.45, 7) is 0. The van der Waals surface area contributed by atoms with Gasteiger partial charge in [0.05, 0.1) is 11.6 Å². The first-order valence-corrected chi connectivity index (χ1v) is 5.40. The molecule has 0 saturated heterocycles. The topological polar surface area (TPSA) is 65.3 Å². The van der Waals surface area contributed by atoms with Crippen LogP contribution < -0.4 is 5.01 Å². The number of benzene rings is 1. The second kappa shape index (κ2) is 3.92. The SMILES string of the molecule is N#Cc1ccc2c(c1)N=N[NH+]2C1C=CN=CC1. The van der Waals surface area contributed by atoms with Crippen LogP contribution in [0.5, 0.6) is 0 Å². The Morgan fingerprint density at radius 1 is 1.41 bits per heavy atom. The number of nitriles is 1. The maximum absolute atomic E-state index is 8.83. The zero-order chi connectivity index (χ0) is 11.7. The van der Waals surface area contributed by atoms with E-state index >= 15 is 0 Å². The number of nitrogens with one attached hydrogen (secondary N) is 1. The second-order valence-electron chi connectivity index (χ2n) is 3.94. The van der Waals surface area contributed by atoms with Crippen molar-refractivity contribution >= 4 is 17.6 Å². The average molecular weight is 224 g/mol. The Bertz CT molecular complexity index is 579. The predicted octanol–water partition coefficient (Wildman–Crippen LogP) is 1.44. The van der Waals surface area contributed by atoms with Crippen LogP contribution in [0.25, 0.3) is 0 Å². The quantitative estimate of drug-likeness (QED) is 0.770. The number of fused-ring (bicyclic) bond motifs is 1. The average Bonchev–Trinajstić information content (AvgIpc) is 2.82. The zero-order valence-electron chi connectivity index (χ0n) is 9.04. The monoisotopic (exact) mass is 224 g/mol. The molecule has 0 aliphatic carbocycles. The van der Waals surface area contributed by atoms with E-state index in [0.29, 0.717) is 5.56 Å².